The summed E-state index contributed by atoms with van der Waals surface area (Å²) in [5.74, 6) is 0.806. The van der Waals surface area contributed by atoms with Gasteiger partial charge in [0.25, 0.3) is 0 Å². The molecule has 0 aliphatic rings. The Morgan fingerprint density at radius 2 is 1.52 bits per heavy atom. The van der Waals surface area contributed by atoms with Gasteiger partial charge < -0.3 is 15.2 Å². The van der Waals surface area contributed by atoms with Crippen LogP contribution in [0.15, 0.2) is 54.6 Å². The molecule has 0 aliphatic heterocycles. The summed E-state index contributed by atoms with van der Waals surface area (Å²) in [6.07, 6.45) is -0.247. The molecule has 0 heterocycles. The molecule has 0 saturated carbocycles. The second-order valence-electron chi connectivity index (χ2n) is 5.21. The first-order valence-corrected chi connectivity index (χ1v) is 7.22. The lowest BCUT2D eigenvalue weighted by Crippen LogP contribution is -2.28. The molecule has 0 amide bonds. The number of para-hydroxylation sites is 1. The van der Waals surface area contributed by atoms with Crippen LogP contribution in [0.5, 0.6) is 5.75 Å². The zero-order chi connectivity index (χ0) is 15.2. The van der Waals surface area contributed by atoms with Gasteiger partial charge in [-0.25, -0.2) is 0 Å². The highest BCUT2D eigenvalue weighted by Gasteiger charge is 2.23. The van der Waals surface area contributed by atoms with E-state index in [4.69, 9.17) is 15.2 Å². The molecule has 3 heteroatoms. The van der Waals surface area contributed by atoms with Crippen molar-refractivity contribution < 1.29 is 9.47 Å². The first kappa shape index (κ1) is 15.5. The zero-order valence-corrected chi connectivity index (χ0v) is 12.8. The standard InChI is InChI=1S/C18H23NO2/c1-13(19)18(16-11-7-8-12-17(16)20-3)21-14(2)15-9-5-4-6-10-15/h4-14,18H,19H2,1-3H3. The number of methoxy groups -OCH3 is 1. The van der Waals surface area contributed by atoms with Crippen LogP contribution in [-0.4, -0.2) is 13.2 Å². The van der Waals surface area contributed by atoms with Crippen LogP contribution in [0.1, 0.15) is 37.2 Å². The summed E-state index contributed by atoms with van der Waals surface area (Å²) >= 11 is 0. The van der Waals surface area contributed by atoms with Gasteiger partial charge in [0.05, 0.1) is 13.2 Å². The van der Waals surface area contributed by atoms with Gasteiger partial charge in [-0.05, 0) is 25.5 Å². The van der Waals surface area contributed by atoms with E-state index >= 15 is 0 Å². The maximum atomic E-state index is 6.22. The molecule has 2 rings (SSSR count). The highest BCUT2D eigenvalue weighted by atomic mass is 16.5. The van der Waals surface area contributed by atoms with E-state index < -0.39 is 0 Å². The lowest BCUT2D eigenvalue weighted by Gasteiger charge is -2.27. The Morgan fingerprint density at radius 3 is 2.14 bits per heavy atom. The highest BCUT2D eigenvalue weighted by Crippen LogP contribution is 2.33. The van der Waals surface area contributed by atoms with Gasteiger partial charge in [0.2, 0.25) is 0 Å². The Labute approximate surface area is 126 Å². The van der Waals surface area contributed by atoms with Crippen molar-refractivity contribution in [3.8, 4) is 5.75 Å². The fourth-order valence-electron chi connectivity index (χ4n) is 2.40. The van der Waals surface area contributed by atoms with Crippen molar-refractivity contribution in [1.29, 1.82) is 0 Å². The van der Waals surface area contributed by atoms with E-state index in [1.165, 1.54) is 0 Å². The first-order valence-electron chi connectivity index (χ1n) is 7.22. The Hall–Kier alpha value is -1.84. The minimum atomic E-state index is -0.212. The fourth-order valence-corrected chi connectivity index (χ4v) is 2.40. The van der Waals surface area contributed by atoms with Gasteiger partial charge in [0.1, 0.15) is 11.9 Å². The second kappa shape index (κ2) is 7.25. The van der Waals surface area contributed by atoms with Crippen LogP contribution in [-0.2, 0) is 4.74 Å². The number of nitrogens with two attached hydrogens (primary N) is 1. The number of hydrogen-bond acceptors (Lipinski definition) is 3. The lowest BCUT2D eigenvalue weighted by atomic mass is 10.0. The minimum absolute atomic E-state index is 0.0351. The molecule has 21 heavy (non-hydrogen) atoms. The Kier molecular flexibility index (Phi) is 5.37. The number of hydrogen-bond donors (Lipinski definition) is 1. The van der Waals surface area contributed by atoms with Crippen molar-refractivity contribution in [1.82, 2.24) is 0 Å². The van der Waals surface area contributed by atoms with Crippen molar-refractivity contribution >= 4 is 0 Å². The SMILES string of the molecule is COc1ccccc1C(OC(C)c1ccccc1)C(C)N. The second-order valence-corrected chi connectivity index (χ2v) is 5.21. The average molecular weight is 285 g/mol. The van der Waals surface area contributed by atoms with Crippen LogP contribution < -0.4 is 10.5 Å². The van der Waals surface area contributed by atoms with Gasteiger partial charge in [-0.1, -0.05) is 48.5 Å². The molecule has 0 aromatic heterocycles. The van der Waals surface area contributed by atoms with Crippen LogP contribution in [0.4, 0.5) is 0 Å². The third kappa shape index (κ3) is 3.84. The molecular weight excluding hydrogens is 262 g/mol. The van der Waals surface area contributed by atoms with Gasteiger partial charge >= 0.3 is 0 Å². The molecule has 0 aliphatic carbocycles. The van der Waals surface area contributed by atoms with Crippen molar-refractivity contribution in [2.24, 2.45) is 5.73 Å². The molecule has 2 N–H and O–H groups in total. The molecule has 0 radical (unpaired) electrons. The Morgan fingerprint density at radius 1 is 0.905 bits per heavy atom. The van der Waals surface area contributed by atoms with Crippen LogP contribution in [0.3, 0.4) is 0 Å². The van der Waals surface area contributed by atoms with E-state index in [-0.39, 0.29) is 18.2 Å². The molecule has 2 aromatic rings. The summed E-state index contributed by atoms with van der Waals surface area (Å²) in [6, 6.07) is 17.9. The molecule has 3 atom stereocenters. The lowest BCUT2D eigenvalue weighted by molar-refractivity contribution is -0.0173. The minimum Gasteiger partial charge on any atom is -0.496 e. The van der Waals surface area contributed by atoms with Gasteiger partial charge in [-0.2, -0.15) is 0 Å². The molecule has 0 spiro atoms. The van der Waals surface area contributed by atoms with Crippen molar-refractivity contribution in [2.45, 2.75) is 32.1 Å². The van der Waals surface area contributed by atoms with Gasteiger partial charge in [-0.15, -0.1) is 0 Å². The summed E-state index contributed by atoms with van der Waals surface area (Å²) < 4.78 is 11.6. The fraction of sp³-hybridized carbons (Fsp3) is 0.333. The highest BCUT2D eigenvalue weighted by molar-refractivity contribution is 5.36. The van der Waals surface area contributed by atoms with Crippen molar-refractivity contribution in [3.05, 3.63) is 65.7 Å². The maximum absolute atomic E-state index is 6.22. The van der Waals surface area contributed by atoms with Crippen LogP contribution >= 0.6 is 0 Å². The van der Waals surface area contributed by atoms with Crippen molar-refractivity contribution in [3.63, 3.8) is 0 Å². The topological polar surface area (TPSA) is 44.5 Å². The first-order chi connectivity index (χ1) is 10.1. The van der Waals surface area contributed by atoms with Crippen LogP contribution in [0.25, 0.3) is 0 Å². The van der Waals surface area contributed by atoms with E-state index in [0.29, 0.717) is 0 Å². The zero-order valence-electron chi connectivity index (χ0n) is 12.8. The molecule has 2 aromatic carbocycles. The molecule has 112 valence electrons. The quantitative estimate of drug-likeness (QED) is 0.876. The summed E-state index contributed by atoms with van der Waals surface area (Å²) in [5.41, 5.74) is 8.26. The number of benzene rings is 2. The van der Waals surface area contributed by atoms with E-state index in [2.05, 4.69) is 12.1 Å². The summed E-state index contributed by atoms with van der Waals surface area (Å²) in [6.45, 7) is 3.99. The largest absolute Gasteiger partial charge is 0.496 e. The van der Waals surface area contributed by atoms with E-state index in [9.17, 15) is 0 Å². The predicted octanol–water partition coefficient (Wildman–Crippen LogP) is 3.86. The molecule has 0 bridgehead atoms. The van der Waals surface area contributed by atoms with Gasteiger partial charge in [0, 0.05) is 11.6 Å². The third-order valence-electron chi connectivity index (χ3n) is 3.54. The third-order valence-corrected chi connectivity index (χ3v) is 3.54. The normalized spacial score (nSPS) is 15.2. The smallest absolute Gasteiger partial charge is 0.124 e. The summed E-state index contributed by atoms with van der Waals surface area (Å²) in [7, 11) is 1.66. The molecule has 0 fully saturated rings. The molecular formula is C18H23NO2. The monoisotopic (exact) mass is 285 g/mol. The average Bonchev–Trinajstić information content (AvgIpc) is 2.53. The number of ether oxygens (including phenoxy) is 2. The van der Waals surface area contributed by atoms with E-state index in [1.807, 2.05) is 56.3 Å². The predicted molar refractivity (Wildman–Crippen MR) is 85.3 cm³/mol. The molecule has 3 unspecified atom stereocenters. The van der Waals surface area contributed by atoms with E-state index in [0.717, 1.165) is 16.9 Å². The van der Waals surface area contributed by atoms with Crippen LogP contribution in [0, 0.1) is 0 Å². The molecule has 0 saturated heterocycles. The number of rotatable bonds is 6. The van der Waals surface area contributed by atoms with Crippen LogP contribution in [0.2, 0.25) is 0 Å². The maximum Gasteiger partial charge on any atom is 0.124 e. The van der Waals surface area contributed by atoms with Crippen molar-refractivity contribution in [2.75, 3.05) is 7.11 Å². The summed E-state index contributed by atoms with van der Waals surface area (Å²) in [5, 5.41) is 0. The summed E-state index contributed by atoms with van der Waals surface area (Å²) in [4.78, 5) is 0. The van der Waals surface area contributed by atoms with E-state index in [1.54, 1.807) is 7.11 Å². The van der Waals surface area contributed by atoms with Gasteiger partial charge in [-0.3, -0.25) is 0 Å². The van der Waals surface area contributed by atoms with Gasteiger partial charge in [0.15, 0.2) is 0 Å². The Balaban J connectivity index is 2.24. The Bertz CT molecular complexity index is 554. The molecule has 3 nitrogen and oxygen atoms in total.